The second-order valence-corrected chi connectivity index (χ2v) is 6.26. The molecule has 0 aliphatic heterocycles. The number of primary amides is 1. The topological polar surface area (TPSA) is 43.1 Å². The van der Waals surface area contributed by atoms with Crippen molar-refractivity contribution in [3.63, 3.8) is 0 Å². The zero-order valence-electron chi connectivity index (χ0n) is 16.0. The Kier molecular flexibility index (Phi) is 56.9. The number of nitrogens with two attached hydrogens (primary N) is 1. The average Bonchev–Trinajstić information content (AvgIpc) is 2.18. The molecule has 0 heterocycles. The van der Waals surface area contributed by atoms with Crippen LogP contribution in [0.25, 0.3) is 0 Å². The molecule has 0 aliphatic carbocycles. The van der Waals surface area contributed by atoms with Gasteiger partial charge >= 0.3 is 0 Å². The van der Waals surface area contributed by atoms with Crippen molar-refractivity contribution in [3.8, 4) is 0 Å². The molecule has 0 saturated carbocycles. The van der Waals surface area contributed by atoms with Crippen molar-refractivity contribution in [1.29, 1.82) is 0 Å². The number of rotatable bonds is 1. The van der Waals surface area contributed by atoms with Crippen LogP contribution in [0.15, 0.2) is 0 Å². The first-order valence-corrected chi connectivity index (χ1v) is 7.70. The molecule has 0 aromatic carbocycles. The van der Waals surface area contributed by atoms with Crippen molar-refractivity contribution >= 4 is 5.91 Å². The standard InChI is InChI=1S/C5H12.C4H10.C3H7NO.C3H8.C2H6.CH4/c1-5(2,3)4;1-4(2)3;1-2-3(4)5;1-3-2;1-2;/h1-4H3;4H,1-3H3;2H2,1H3,(H2,4,5);3H2,1-2H3;1-2H3;1H4. The van der Waals surface area contributed by atoms with E-state index in [1.807, 2.05) is 13.8 Å². The zero-order valence-corrected chi connectivity index (χ0v) is 16.0. The van der Waals surface area contributed by atoms with Gasteiger partial charge in [-0.05, 0) is 11.3 Å². The molecule has 0 unspecified atom stereocenters. The van der Waals surface area contributed by atoms with E-state index in [-0.39, 0.29) is 13.3 Å². The number of amides is 1. The van der Waals surface area contributed by atoms with E-state index >= 15 is 0 Å². The van der Waals surface area contributed by atoms with Gasteiger partial charge in [0, 0.05) is 6.42 Å². The summed E-state index contributed by atoms with van der Waals surface area (Å²) in [5.41, 5.74) is 5.15. The van der Waals surface area contributed by atoms with E-state index in [0.717, 1.165) is 5.92 Å². The molecule has 0 aliphatic rings. The summed E-state index contributed by atoms with van der Waals surface area (Å²) in [6, 6.07) is 0. The Hall–Kier alpha value is -0.530. The normalized spacial score (nSPS) is 7.85. The van der Waals surface area contributed by atoms with Crippen LogP contribution in [-0.4, -0.2) is 5.91 Å². The Balaban J connectivity index is -0.0000000313. The van der Waals surface area contributed by atoms with Crippen molar-refractivity contribution in [1.82, 2.24) is 0 Å². The highest BCUT2D eigenvalue weighted by Crippen LogP contribution is 2.08. The van der Waals surface area contributed by atoms with Crippen molar-refractivity contribution in [2.45, 2.75) is 103 Å². The van der Waals surface area contributed by atoms with E-state index in [1.165, 1.54) is 6.42 Å². The SMILES string of the molecule is C.CC.CC(C)(C)C.CC(C)C.CCC.CCC(N)=O. The minimum atomic E-state index is -0.245. The van der Waals surface area contributed by atoms with E-state index in [2.05, 4.69) is 68.0 Å². The summed E-state index contributed by atoms with van der Waals surface area (Å²) in [4.78, 5) is 9.59. The number of carbonyl (C=O) groups is 1. The van der Waals surface area contributed by atoms with Crippen molar-refractivity contribution in [2.75, 3.05) is 0 Å². The predicted octanol–water partition coefficient (Wildman–Crippen LogP) is 6.68. The highest BCUT2D eigenvalue weighted by Gasteiger charge is 1.95. The van der Waals surface area contributed by atoms with Gasteiger partial charge in [-0.1, -0.05) is 96.9 Å². The summed E-state index contributed by atoms with van der Waals surface area (Å²) >= 11 is 0. The lowest BCUT2D eigenvalue weighted by Gasteiger charge is -2.05. The minimum absolute atomic E-state index is 0. The number of hydrogen-bond acceptors (Lipinski definition) is 1. The van der Waals surface area contributed by atoms with Gasteiger partial charge in [0.2, 0.25) is 5.91 Å². The fourth-order valence-corrected chi connectivity index (χ4v) is 0. The largest absolute Gasteiger partial charge is 0.370 e. The summed E-state index contributed by atoms with van der Waals surface area (Å²) in [6.45, 7) is 25.2. The molecule has 0 aromatic rings. The molecule has 0 bridgehead atoms. The average molecular weight is 294 g/mol. The Labute approximate surface area is 131 Å². The Bertz CT molecular complexity index is 126. The Morgan fingerprint density at radius 1 is 0.950 bits per heavy atom. The second-order valence-electron chi connectivity index (χ2n) is 6.26. The van der Waals surface area contributed by atoms with Crippen LogP contribution in [-0.2, 0) is 4.79 Å². The maximum absolute atomic E-state index is 9.59. The van der Waals surface area contributed by atoms with E-state index in [4.69, 9.17) is 0 Å². The van der Waals surface area contributed by atoms with Gasteiger partial charge in [0.05, 0.1) is 0 Å². The highest BCUT2D eigenvalue weighted by atomic mass is 16.1. The van der Waals surface area contributed by atoms with Crippen LogP contribution in [0.3, 0.4) is 0 Å². The van der Waals surface area contributed by atoms with Gasteiger partial charge in [-0.3, -0.25) is 4.79 Å². The molecular weight excluding hydrogens is 246 g/mol. The smallest absolute Gasteiger partial charge is 0.217 e. The van der Waals surface area contributed by atoms with Crippen LogP contribution in [0.1, 0.15) is 103 Å². The second kappa shape index (κ2) is 31.1. The van der Waals surface area contributed by atoms with Crippen LogP contribution in [0.5, 0.6) is 0 Å². The summed E-state index contributed by atoms with van der Waals surface area (Å²) in [7, 11) is 0. The van der Waals surface area contributed by atoms with Crippen molar-refractivity contribution in [2.24, 2.45) is 17.1 Å². The molecule has 0 fully saturated rings. The lowest BCUT2D eigenvalue weighted by molar-refractivity contribution is -0.117. The van der Waals surface area contributed by atoms with Gasteiger partial charge in [0.1, 0.15) is 0 Å². The van der Waals surface area contributed by atoms with Gasteiger partial charge in [-0.2, -0.15) is 0 Å². The molecule has 2 nitrogen and oxygen atoms in total. The van der Waals surface area contributed by atoms with Crippen LogP contribution in [0, 0.1) is 11.3 Å². The summed E-state index contributed by atoms with van der Waals surface area (Å²) in [5.74, 6) is 0.588. The monoisotopic (exact) mass is 293 g/mol. The molecular formula is C18H47NO. The Morgan fingerprint density at radius 3 is 1.00 bits per heavy atom. The lowest BCUT2D eigenvalue weighted by Crippen LogP contribution is -2.06. The molecule has 0 radical (unpaired) electrons. The lowest BCUT2D eigenvalue weighted by atomic mass is 10.0. The molecule has 0 rings (SSSR count). The van der Waals surface area contributed by atoms with Gasteiger partial charge in [0.25, 0.3) is 0 Å². The van der Waals surface area contributed by atoms with Gasteiger partial charge in [-0.25, -0.2) is 0 Å². The van der Waals surface area contributed by atoms with E-state index in [1.54, 1.807) is 6.92 Å². The molecule has 130 valence electrons. The van der Waals surface area contributed by atoms with Crippen molar-refractivity contribution < 1.29 is 4.79 Å². The first-order valence-electron chi connectivity index (χ1n) is 7.70. The van der Waals surface area contributed by atoms with Gasteiger partial charge < -0.3 is 5.73 Å². The molecule has 2 N–H and O–H groups in total. The minimum Gasteiger partial charge on any atom is -0.370 e. The molecule has 0 atom stereocenters. The van der Waals surface area contributed by atoms with Crippen LogP contribution >= 0.6 is 0 Å². The molecule has 20 heavy (non-hydrogen) atoms. The maximum Gasteiger partial charge on any atom is 0.217 e. The van der Waals surface area contributed by atoms with E-state index in [0.29, 0.717) is 11.8 Å². The van der Waals surface area contributed by atoms with Crippen LogP contribution < -0.4 is 5.73 Å². The van der Waals surface area contributed by atoms with E-state index < -0.39 is 0 Å². The molecule has 2 heteroatoms. The number of carbonyl (C=O) groups excluding carboxylic acids is 1. The highest BCUT2D eigenvalue weighted by molar-refractivity contribution is 5.73. The van der Waals surface area contributed by atoms with Gasteiger partial charge in [0.15, 0.2) is 0 Å². The van der Waals surface area contributed by atoms with Gasteiger partial charge in [-0.15, -0.1) is 0 Å². The first kappa shape index (κ1) is 36.6. The first-order chi connectivity index (χ1) is 8.42. The summed E-state index contributed by atoms with van der Waals surface area (Å²) in [6.07, 6.45) is 1.69. The fraction of sp³-hybridized carbons (Fsp3) is 0.944. The molecule has 0 spiro atoms. The third-order valence-electron chi connectivity index (χ3n) is 0.348. The third kappa shape index (κ3) is 2190. The van der Waals surface area contributed by atoms with Crippen molar-refractivity contribution in [3.05, 3.63) is 0 Å². The summed E-state index contributed by atoms with van der Waals surface area (Å²) in [5, 5.41) is 0. The molecule has 1 amide bonds. The predicted molar refractivity (Wildman–Crippen MR) is 99.2 cm³/mol. The third-order valence-corrected chi connectivity index (χ3v) is 0.348. The quantitative estimate of drug-likeness (QED) is 0.576. The molecule has 0 saturated heterocycles. The summed E-state index contributed by atoms with van der Waals surface area (Å²) < 4.78 is 0. The number of hydrogen-bond donors (Lipinski definition) is 1. The van der Waals surface area contributed by atoms with E-state index in [9.17, 15) is 4.79 Å². The fourth-order valence-electron chi connectivity index (χ4n) is 0. The molecule has 0 aromatic heterocycles. The maximum atomic E-state index is 9.59. The van der Waals surface area contributed by atoms with Crippen LogP contribution in [0.4, 0.5) is 0 Å². The van der Waals surface area contributed by atoms with Crippen LogP contribution in [0.2, 0.25) is 0 Å². The Morgan fingerprint density at radius 2 is 1.00 bits per heavy atom. The zero-order chi connectivity index (χ0) is 17.1.